The summed E-state index contributed by atoms with van der Waals surface area (Å²) in [6.07, 6.45) is 7.83. The Hall–Kier alpha value is -12.6. The number of sulfonamides is 4. The maximum Gasteiger partial charge on any atom is 0.294 e. The minimum absolute atomic E-state index is 0.00712. The first-order valence-electron chi connectivity index (χ1n) is 45.4. The molecule has 46 nitrogen and oxygen atoms in total. The molecular weight excluding hydrogens is 1880 g/mol. The molecule has 4 fully saturated rings. The fourth-order valence-electron chi connectivity index (χ4n) is 16.6. The van der Waals surface area contributed by atoms with Crippen LogP contribution in [0.25, 0.3) is 89.7 Å². The third kappa shape index (κ3) is 22.1. The molecule has 0 aliphatic carbocycles. The zero-order chi connectivity index (χ0) is 99.6. The maximum absolute atomic E-state index is 13.3. The van der Waals surface area contributed by atoms with Crippen LogP contribution in [0.5, 0.6) is 23.0 Å². The van der Waals surface area contributed by atoms with E-state index in [-0.39, 0.29) is 92.7 Å². The number of H-pyrrole nitrogens is 4. The minimum atomic E-state index is -3.96. The van der Waals surface area contributed by atoms with Crippen LogP contribution in [0.1, 0.15) is 123 Å². The van der Waals surface area contributed by atoms with Crippen molar-refractivity contribution in [1.29, 1.82) is 0 Å². The Labute approximate surface area is 794 Å². The second kappa shape index (κ2) is 44.1. The molecule has 16 rings (SSSR count). The van der Waals surface area contributed by atoms with Crippen LogP contribution in [0.3, 0.4) is 0 Å². The Morgan fingerprint density at radius 2 is 0.645 bits per heavy atom. The molecule has 4 N–H and O–H groups in total. The summed E-state index contributed by atoms with van der Waals surface area (Å²) in [5.41, 5.74) is 6.20. The van der Waals surface area contributed by atoms with E-state index in [9.17, 15) is 73.1 Å². The van der Waals surface area contributed by atoms with Gasteiger partial charge in [-0.3, -0.25) is 37.9 Å². The molecule has 50 heteroatoms. The van der Waals surface area contributed by atoms with Gasteiger partial charge in [0.1, 0.15) is 81.1 Å². The SMILES string of the molecule is CCCc1nn(C)c2c(=O)[nH]c(-c3cc(S(=O)(=O)N4CC(CCCOC)C4)ccc3OCC)nc12.CCCc1nn(C)c2c(=O)[nH]c(-c3cc(S(=O)(=O)N4CC(CCOC)C4)ccc3OCC)nc12.CCCc1nn(C)c2c(=O)[nH]c(-c3cc(S(=O)(=O)N4CC(CO[N+](=O)[O-])C4)ccc3OCC)nc12.CCCc1nn(C)c2c(=O)[nH]c(-c3cc(S(=O)(=O)N4CC(O[N+](=O)[O-])C4)ccc3OCC)nc12. The predicted octanol–water partition coefficient (Wildman–Crippen LogP) is 7.81. The van der Waals surface area contributed by atoms with E-state index in [0.29, 0.717) is 204 Å². The molecule has 0 saturated carbocycles. The number of ether oxygens (including phenoxy) is 6. The number of aryl methyl sites for hydroxylation is 8. The molecule has 4 aromatic carbocycles. The summed E-state index contributed by atoms with van der Waals surface area (Å²) in [6, 6.07) is 18.0. The van der Waals surface area contributed by atoms with E-state index in [2.05, 4.69) is 60.0 Å². The highest BCUT2D eigenvalue weighted by molar-refractivity contribution is 7.90. The van der Waals surface area contributed by atoms with Crippen molar-refractivity contribution < 1.29 is 81.9 Å². The van der Waals surface area contributed by atoms with Gasteiger partial charge < -0.3 is 58.0 Å². The van der Waals surface area contributed by atoms with Crippen molar-refractivity contribution >= 4 is 84.2 Å². The van der Waals surface area contributed by atoms with Gasteiger partial charge in [-0.15, -0.1) is 20.2 Å². The van der Waals surface area contributed by atoms with Crippen molar-refractivity contribution in [2.45, 2.75) is 152 Å². The molecule has 4 saturated heterocycles. The Kier molecular flexibility index (Phi) is 32.8. The number of methoxy groups -OCH3 is 2. The zero-order valence-electron chi connectivity index (χ0n) is 79.1. The van der Waals surface area contributed by atoms with Crippen molar-refractivity contribution in [2.24, 2.45) is 45.9 Å². The Morgan fingerprint density at radius 3 is 0.899 bits per heavy atom. The highest BCUT2D eigenvalue weighted by atomic mass is 32.2. The molecule has 0 bridgehead atoms. The third-order valence-electron chi connectivity index (χ3n) is 23.5. The van der Waals surface area contributed by atoms with E-state index < -0.39 is 67.5 Å². The molecule has 0 unspecified atom stereocenters. The summed E-state index contributed by atoms with van der Waals surface area (Å²) in [4.78, 5) is 111. The highest BCUT2D eigenvalue weighted by Crippen LogP contribution is 2.40. The van der Waals surface area contributed by atoms with E-state index in [1.807, 2.05) is 41.5 Å². The van der Waals surface area contributed by atoms with E-state index in [1.54, 1.807) is 80.5 Å². The Bertz CT molecular complexity index is 7240. The van der Waals surface area contributed by atoms with Crippen molar-refractivity contribution in [2.75, 3.05) is 113 Å². The number of nitrogens with one attached hydrogen (secondary N) is 4. The van der Waals surface area contributed by atoms with Crippen LogP contribution in [-0.4, -0.2) is 259 Å². The van der Waals surface area contributed by atoms with E-state index in [0.717, 1.165) is 60.6 Å². The molecule has 4 aliphatic heterocycles. The number of aromatic nitrogens is 16. The molecule has 0 amide bonds. The quantitative estimate of drug-likeness (QED) is 0.0161. The van der Waals surface area contributed by atoms with Crippen LogP contribution in [-0.2, 0) is 113 Å². The van der Waals surface area contributed by atoms with Crippen LogP contribution < -0.4 is 41.2 Å². The van der Waals surface area contributed by atoms with Gasteiger partial charge >= 0.3 is 0 Å². The van der Waals surface area contributed by atoms with Crippen molar-refractivity contribution in [1.82, 2.24) is 96.2 Å². The van der Waals surface area contributed by atoms with Crippen LogP contribution >= 0.6 is 0 Å². The molecule has 8 aromatic heterocycles. The fraction of sp³-hybridized carbons (Fsp3) is 0.500. The van der Waals surface area contributed by atoms with Gasteiger partial charge in [0.05, 0.1) is 91.0 Å². The zero-order valence-corrected chi connectivity index (χ0v) is 82.4. The minimum Gasteiger partial charge on any atom is -0.493 e. The number of hydrogen-bond acceptors (Lipinski definition) is 32. The Morgan fingerprint density at radius 1 is 0.377 bits per heavy atom. The van der Waals surface area contributed by atoms with Gasteiger partial charge in [0.25, 0.3) is 32.4 Å². The van der Waals surface area contributed by atoms with Crippen LogP contribution in [0.15, 0.2) is 112 Å². The maximum atomic E-state index is 13.3. The topological polar surface area (TPSA) is 564 Å². The first-order valence-corrected chi connectivity index (χ1v) is 51.2. The lowest BCUT2D eigenvalue weighted by atomic mass is 9.98. The number of rotatable bonds is 40. The van der Waals surface area contributed by atoms with Gasteiger partial charge in [0.15, 0.2) is 22.1 Å². The summed E-state index contributed by atoms with van der Waals surface area (Å²) in [7, 11) is -5.14. The fourth-order valence-corrected chi connectivity index (χ4v) is 23.0. The van der Waals surface area contributed by atoms with E-state index in [1.165, 1.54) is 80.2 Å². The van der Waals surface area contributed by atoms with Gasteiger partial charge in [0.2, 0.25) is 40.1 Å². The molecule has 0 radical (unpaired) electrons. The molecule has 4 aliphatic rings. The van der Waals surface area contributed by atoms with Crippen LogP contribution in [0.2, 0.25) is 0 Å². The first kappa shape index (κ1) is 103. The van der Waals surface area contributed by atoms with E-state index in [4.69, 9.17) is 38.4 Å². The lowest BCUT2D eigenvalue weighted by molar-refractivity contribution is -0.771. The largest absolute Gasteiger partial charge is 0.493 e. The molecule has 138 heavy (non-hydrogen) atoms. The summed E-state index contributed by atoms with van der Waals surface area (Å²) in [5, 5.41) is 36.7. The lowest BCUT2D eigenvalue weighted by Crippen LogP contribution is -2.55. The summed E-state index contributed by atoms with van der Waals surface area (Å²) >= 11 is 0. The average molecular weight is 1990 g/mol. The average Bonchev–Trinajstić information content (AvgIpc) is 1.49. The van der Waals surface area contributed by atoms with E-state index >= 15 is 0 Å². The number of benzene rings is 4. The van der Waals surface area contributed by atoms with Crippen molar-refractivity contribution in [3.63, 3.8) is 0 Å². The monoisotopic (exact) mass is 1990 g/mol. The number of fused-ring (bicyclic) bond motifs is 4. The molecule has 0 spiro atoms. The highest BCUT2D eigenvalue weighted by Gasteiger charge is 2.43. The second-order valence-corrected chi connectivity index (χ2v) is 41.1. The van der Waals surface area contributed by atoms with Gasteiger partial charge in [-0.25, -0.2) is 53.6 Å². The van der Waals surface area contributed by atoms with Gasteiger partial charge in [0, 0.05) is 114 Å². The molecule has 0 atom stereocenters. The predicted molar refractivity (Wildman–Crippen MR) is 507 cm³/mol. The second-order valence-electron chi connectivity index (χ2n) is 33.4. The molecule has 12 heterocycles. The number of aromatic amines is 4. The van der Waals surface area contributed by atoms with Crippen molar-refractivity contribution in [3.05, 3.63) is 157 Å². The smallest absolute Gasteiger partial charge is 0.294 e. The number of nitrogens with zero attached hydrogens (tertiary/aromatic N) is 18. The van der Waals surface area contributed by atoms with Gasteiger partial charge in [-0.1, -0.05) is 53.4 Å². The summed E-state index contributed by atoms with van der Waals surface area (Å²) in [6.45, 7) is 19.7. The molecule has 12 aromatic rings. The van der Waals surface area contributed by atoms with Gasteiger partial charge in [-0.2, -0.15) is 37.6 Å². The van der Waals surface area contributed by atoms with Crippen molar-refractivity contribution in [3.8, 4) is 68.5 Å². The normalized spacial score (nSPS) is 14.9. The summed E-state index contributed by atoms with van der Waals surface area (Å²) < 4.78 is 150. The molecule has 744 valence electrons. The van der Waals surface area contributed by atoms with Gasteiger partial charge in [-0.05, 0) is 157 Å². The van der Waals surface area contributed by atoms with Crippen LogP contribution in [0.4, 0.5) is 0 Å². The standard InChI is InChI=1S/C24H33N5O5S.C23H31N5O5S.C21H26N6O7S.C20H24N6O7S/c1-5-8-19-21-22(28(3)27-19)24(30)26-23(25-21)18-13-17(10-11-20(18)34-6-2)35(31,32)29-14-16(15-29)9-7-12-33-4;1-5-7-18-20-21(27(3)26-18)23(29)25-22(24-20)17-12-16(8-9-19(17)33-6-2)34(30,31)28-13-15(14-28)10-11-32-4;1-4-6-16-18-19(25(3)24-16)21(28)23-20(22-18)15-9-14(7-8-17(15)33-5-2)35(31,32)26-10-13(11-26)12-34-27(29)30;1-4-6-15-17-18(24(3)23-15)20(27)22-19(21-17)14-9-13(7-8-16(14)32-5-2)34(30,31)25-10-12(11-25)33-26(28)29/h10-11,13,16H,5-9,12,14-15H2,1-4H3,(H,25,26,30);8-9,12,15H,5-7,10-11,13-14H2,1-4H3,(H,24,25,29);7-9,13H,4-6,10-12H2,1-3H3,(H,22,23,28);7-9,12H,4-6,10-11H2,1-3H3,(H,21,22,27). The first-order chi connectivity index (χ1) is 65.9. The van der Waals surface area contributed by atoms with Crippen LogP contribution in [0, 0.1) is 38.0 Å². The molecular formula is C88H114N22O24S4. The summed E-state index contributed by atoms with van der Waals surface area (Å²) in [5.74, 6) is 2.83. The lowest BCUT2D eigenvalue weighted by Gasteiger charge is -2.38. The number of hydrogen-bond donors (Lipinski definition) is 4. The Balaban J connectivity index is 0.000000155. The third-order valence-corrected chi connectivity index (χ3v) is 30.8.